The van der Waals surface area contributed by atoms with E-state index in [-0.39, 0.29) is 12.4 Å². The standard InChI is InChI=1S/C11H12F3N3OS/c1-2-15-9-7-3-4-19-10(7)17-8(16-9)5-18-6-11(12,13)14/h3-4H,2,5-6H2,1H3,(H,15,16,17). The van der Waals surface area contributed by atoms with Crippen LogP contribution in [-0.4, -0.2) is 29.3 Å². The van der Waals surface area contributed by atoms with Gasteiger partial charge in [-0.2, -0.15) is 13.2 Å². The van der Waals surface area contributed by atoms with Gasteiger partial charge in [0.25, 0.3) is 0 Å². The van der Waals surface area contributed by atoms with Gasteiger partial charge in [-0.05, 0) is 18.4 Å². The van der Waals surface area contributed by atoms with Gasteiger partial charge in [0.1, 0.15) is 23.9 Å². The Bertz CT molecular complexity index is 556. The summed E-state index contributed by atoms with van der Waals surface area (Å²) in [5, 5.41) is 5.79. The number of nitrogens with zero attached hydrogens (tertiary/aromatic N) is 2. The topological polar surface area (TPSA) is 47.0 Å². The lowest BCUT2D eigenvalue weighted by Gasteiger charge is -2.09. The van der Waals surface area contributed by atoms with Crippen molar-refractivity contribution in [2.45, 2.75) is 19.7 Å². The molecule has 0 atom stereocenters. The Hall–Kier alpha value is -1.41. The summed E-state index contributed by atoms with van der Waals surface area (Å²) in [5.41, 5.74) is 0. The zero-order valence-corrected chi connectivity index (χ0v) is 10.9. The van der Waals surface area contributed by atoms with Crippen molar-refractivity contribution in [3.05, 3.63) is 17.3 Å². The number of hydrogen-bond acceptors (Lipinski definition) is 5. The smallest absolute Gasteiger partial charge is 0.370 e. The van der Waals surface area contributed by atoms with Crippen molar-refractivity contribution in [2.75, 3.05) is 18.5 Å². The quantitative estimate of drug-likeness (QED) is 0.919. The van der Waals surface area contributed by atoms with E-state index in [4.69, 9.17) is 0 Å². The molecular formula is C11H12F3N3OS. The highest BCUT2D eigenvalue weighted by molar-refractivity contribution is 7.16. The van der Waals surface area contributed by atoms with Gasteiger partial charge in [-0.1, -0.05) is 0 Å². The van der Waals surface area contributed by atoms with Crippen LogP contribution in [0.15, 0.2) is 11.4 Å². The van der Waals surface area contributed by atoms with E-state index in [0.29, 0.717) is 12.4 Å². The lowest BCUT2D eigenvalue weighted by atomic mass is 10.3. The maximum absolute atomic E-state index is 12.0. The third kappa shape index (κ3) is 3.77. The fourth-order valence-corrected chi connectivity index (χ4v) is 2.31. The Morgan fingerprint density at radius 2 is 2.16 bits per heavy atom. The first kappa shape index (κ1) is 14.0. The minimum absolute atomic E-state index is 0.246. The van der Waals surface area contributed by atoms with Crippen molar-refractivity contribution in [3.63, 3.8) is 0 Å². The summed E-state index contributed by atoms with van der Waals surface area (Å²) in [6.45, 7) is 1.03. The average Bonchev–Trinajstić information content (AvgIpc) is 2.76. The van der Waals surface area contributed by atoms with Gasteiger partial charge in [-0.25, -0.2) is 9.97 Å². The van der Waals surface area contributed by atoms with E-state index in [1.165, 1.54) is 11.3 Å². The number of anilines is 1. The Morgan fingerprint density at radius 3 is 2.84 bits per heavy atom. The monoisotopic (exact) mass is 291 g/mol. The molecule has 0 aliphatic rings. The molecule has 1 N–H and O–H groups in total. The summed E-state index contributed by atoms with van der Waals surface area (Å²) in [6.07, 6.45) is -4.34. The van der Waals surface area contributed by atoms with Gasteiger partial charge in [0.05, 0.1) is 5.39 Å². The van der Waals surface area contributed by atoms with Crippen LogP contribution < -0.4 is 5.32 Å². The fourth-order valence-electron chi connectivity index (χ4n) is 1.52. The van der Waals surface area contributed by atoms with Crippen molar-refractivity contribution in [3.8, 4) is 0 Å². The van der Waals surface area contributed by atoms with Gasteiger partial charge in [0.15, 0.2) is 5.82 Å². The van der Waals surface area contributed by atoms with Gasteiger partial charge in [0.2, 0.25) is 0 Å². The van der Waals surface area contributed by atoms with Crippen LogP contribution in [0.4, 0.5) is 19.0 Å². The van der Waals surface area contributed by atoms with Gasteiger partial charge >= 0.3 is 6.18 Å². The van der Waals surface area contributed by atoms with E-state index in [2.05, 4.69) is 20.0 Å². The molecule has 0 aliphatic carbocycles. The summed E-state index contributed by atoms with van der Waals surface area (Å²) < 4.78 is 40.5. The molecule has 4 nitrogen and oxygen atoms in total. The molecule has 8 heteroatoms. The molecule has 2 aromatic rings. The molecule has 0 bridgehead atoms. The highest BCUT2D eigenvalue weighted by atomic mass is 32.1. The van der Waals surface area contributed by atoms with Crippen LogP contribution in [0.1, 0.15) is 12.7 Å². The predicted molar refractivity (Wildman–Crippen MR) is 67.3 cm³/mol. The van der Waals surface area contributed by atoms with E-state index in [1.807, 2.05) is 18.4 Å². The Kier molecular flexibility index (Phi) is 4.20. The average molecular weight is 291 g/mol. The van der Waals surface area contributed by atoms with Crippen molar-refractivity contribution in [1.82, 2.24) is 9.97 Å². The molecule has 0 amide bonds. The molecule has 2 heterocycles. The second-order valence-electron chi connectivity index (χ2n) is 3.77. The molecule has 2 aromatic heterocycles. The third-order valence-corrected chi connectivity index (χ3v) is 3.02. The Balaban J connectivity index is 2.14. The maximum Gasteiger partial charge on any atom is 0.411 e. The van der Waals surface area contributed by atoms with E-state index in [9.17, 15) is 13.2 Å². The van der Waals surface area contributed by atoms with Crippen LogP contribution in [-0.2, 0) is 11.3 Å². The lowest BCUT2D eigenvalue weighted by Crippen LogP contribution is -2.17. The predicted octanol–water partition coefficient (Wildman–Crippen LogP) is 3.20. The highest BCUT2D eigenvalue weighted by Crippen LogP contribution is 2.25. The van der Waals surface area contributed by atoms with Crippen LogP contribution in [0.5, 0.6) is 0 Å². The zero-order chi connectivity index (χ0) is 13.9. The van der Waals surface area contributed by atoms with Gasteiger partial charge in [-0.15, -0.1) is 11.3 Å². The first-order chi connectivity index (χ1) is 8.99. The second-order valence-corrected chi connectivity index (χ2v) is 4.66. The molecule has 0 aliphatic heterocycles. The van der Waals surface area contributed by atoms with Crippen LogP contribution in [0.25, 0.3) is 10.2 Å². The van der Waals surface area contributed by atoms with Crippen molar-refractivity contribution >= 4 is 27.4 Å². The number of thiophene rings is 1. The van der Waals surface area contributed by atoms with Crippen LogP contribution >= 0.6 is 11.3 Å². The van der Waals surface area contributed by atoms with E-state index in [0.717, 1.165) is 10.2 Å². The lowest BCUT2D eigenvalue weighted by molar-refractivity contribution is -0.177. The molecule has 0 spiro atoms. The van der Waals surface area contributed by atoms with E-state index in [1.54, 1.807) is 0 Å². The number of rotatable bonds is 5. The summed E-state index contributed by atoms with van der Waals surface area (Å²) in [5.74, 6) is 0.870. The van der Waals surface area contributed by atoms with Gasteiger partial charge in [-0.3, -0.25) is 0 Å². The van der Waals surface area contributed by atoms with Crippen LogP contribution in [0, 0.1) is 0 Å². The molecule has 0 saturated heterocycles. The molecule has 0 aromatic carbocycles. The first-order valence-corrected chi connectivity index (χ1v) is 6.50. The maximum atomic E-state index is 12.0. The Labute approximate surface area is 111 Å². The molecule has 2 rings (SSSR count). The highest BCUT2D eigenvalue weighted by Gasteiger charge is 2.27. The molecule has 104 valence electrons. The molecule has 0 unspecified atom stereocenters. The number of hydrogen-bond donors (Lipinski definition) is 1. The molecule has 0 fully saturated rings. The molecule has 19 heavy (non-hydrogen) atoms. The minimum atomic E-state index is -4.34. The molecular weight excluding hydrogens is 279 g/mol. The number of nitrogens with one attached hydrogen (secondary N) is 1. The normalized spacial score (nSPS) is 12.0. The number of alkyl halides is 3. The summed E-state index contributed by atoms with van der Waals surface area (Å²) >= 11 is 1.41. The SMILES string of the molecule is CCNc1nc(COCC(F)(F)F)nc2sccc12. The van der Waals surface area contributed by atoms with E-state index < -0.39 is 12.8 Å². The number of aromatic nitrogens is 2. The van der Waals surface area contributed by atoms with E-state index >= 15 is 0 Å². The molecule has 0 saturated carbocycles. The van der Waals surface area contributed by atoms with Crippen LogP contribution in [0.2, 0.25) is 0 Å². The fraction of sp³-hybridized carbons (Fsp3) is 0.455. The largest absolute Gasteiger partial charge is 0.411 e. The summed E-state index contributed by atoms with van der Waals surface area (Å²) in [6, 6.07) is 1.87. The number of fused-ring (bicyclic) bond motifs is 1. The first-order valence-electron chi connectivity index (χ1n) is 5.62. The van der Waals surface area contributed by atoms with Crippen molar-refractivity contribution in [2.24, 2.45) is 0 Å². The Morgan fingerprint density at radius 1 is 1.37 bits per heavy atom. The summed E-state index contributed by atoms with van der Waals surface area (Å²) in [4.78, 5) is 9.08. The van der Waals surface area contributed by atoms with Crippen LogP contribution in [0.3, 0.4) is 0 Å². The second kappa shape index (κ2) is 5.70. The van der Waals surface area contributed by atoms with Crippen molar-refractivity contribution < 1.29 is 17.9 Å². The van der Waals surface area contributed by atoms with Crippen molar-refractivity contribution in [1.29, 1.82) is 0 Å². The zero-order valence-electron chi connectivity index (χ0n) is 10.1. The minimum Gasteiger partial charge on any atom is -0.370 e. The molecule has 0 radical (unpaired) electrons. The number of halogens is 3. The van der Waals surface area contributed by atoms with Gasteiger partial charge in [0, 0.05) is 6.54 Å². The summed E-state index contributed by atoms with van der Waals surface area (Å²) in [7, 11) is 0. The van der Waals surface area contributed by atoms with Gasteiger partial charge < -0.3 is 10.1 Å². The number of ether oxygens (including phenoxy) is 1. The third-order valence-electron chi connectivity index (χ3n) is 2.21.